The van der Waals surface area contributed by atoms with Crippen LogP contribution < -0.4 is 11.1 Å². The van der Waals surface area contributed by atoms with Crippen LogP contribution in [-0.4, -0.2) is 32.2 Å². The number of nitrogens with two attached hydrogens (primary N) is 1. The lowest BCUT2D eigenvalue weighted by molar-refractivity contribution is -0.117. The number of carbonyl (C=O) groups excluding carboxylic acids is 1. The Balaban J connectivity index is 2.15. The Bertz CT molecular complexity index is 594. The number of hydrogen-bond donors (Lipinski definition) is 2. The molecule has 1 heterocycles. The van der Waals surface area contributed by atoms with Crippen molar-refractivity contribution >= 4 is 11.6 Å². The summed E-state index contributed by atoms with van der Waals surface area (Å²) in [5.41, 5.74) is 7.30. The van der Waals surface area contributed by atoms with E-state index in [0.29, 0.717) is 17.9 Å². The molecule has 0 radical (unpaired) electrons. The molecule has 1 aromatic carbocycles. The van der Waals surface area contributed by atoms with Gasteiger partial charge in [0.1, 0.15) is 0 Å². The summed E-state index contributed by atoms with van der Waals surface area (Å²) < 4.78 is 1.57. The first-order chi connectivity index (χ1) is 9.61. The van der Waals surface area contributed by atoms with Gasteiger partial charge < -0.3 is 11.1 Å². The lowest BCUT2D eigenvalue weighted by Crippen LogP contribution is -2.35. The fourth-order valence-corrected chi connectivity index (χ4v) is 1.89. The first kappa shape index (κ1) is 14.1. The molecule has 0 spiro atoms. The summed E-state index contributed by atoms with van der Waals surface area (Å²) >= 11 is 0. The van der Waals surface area contributed by atoms with Crippen molar-refractivity contribution in [1.82, 2.24) is 20.2 Å². The molecule has 106 valence electrons. The van der Waals surface area contributed by atoms with Gasteiger partial charge in [0, 0.05) is 18.3 Å². The molecule has 2 rings (SSSR count). The molecule has 3 N–H and O–H groups in total. The minimum Gasteiger partial charge on any atom is -0.325 e. The third kappa shape index (κ3) is 3.18. The number of amides is 1. The maximum Gasteiger partial charge on any atom is 0.241 e. The normalized spacial score (nSPS) is 12.2. The number of aryl methyl sites for hydroxylation is 1. The van der Waals surface area contributed by atoms with Crippen LogP contribution in [0.1, 0.15) is 19.8 Å². The highest BCUT2D eigenvalue weighted by Crippen LogP contribution is 2.19. The Hall–Kier alpha value is -2.28. The number of hydrogen-bond acceptors (Lipinski definition) is 5. The molecule has 0 bridgehead atoms. The zero-order valence-corrected chi connectivity index (χ0v) is 11.6. The van der Waals surface area contributed by atoms with Gasteiger partial charge in [0.25, 0.3) is 0 Å². The van der Waals surface area contributed by atoms with E-state index in [4.69, 9.17) is 5.73 Å². The number of nitrogens with one attached hydrogen (secondary N) is 1. The lowest BCUT2D eigenvalue weighted by atomic mass is 10.1. The largest absolute Gasteiger partial charge is 0.325 e. The molecule has 7 nitrogen and oxygen atoms in total. The lowest BCUT2D eigenvalue weighted by Gasteiger charge is -2.11. The van der Waals surface area contributed by atoms with Crippen molar-refractivity contribution in [2.24, 2.45) is 12.8 Å². The smallest absolute Gasteiger partial charge is 0.241 e. The summed E-state index contributed by atoms with van der Waals surface area (Å²) in [7, 11) is 1.76. The zero-order chi connectivity index (χ0) is 14.5. The standard InChI is InChI=1S/C13H18N6O/c1-3-5-11(14)13(20)15-10-7-4-6-9(8-10)12-16-17-18-19(12)2/h4,6-8,11H,3,5,14H2,1-2H3,(H,15,20)/t11-/m1/s1. The van der Waals surface area contributed by atoms with Crippen LogP contribution in [0.4, 0.5) is 5.69 Å². The molecule has 0 aliphatic rings. The Kier molecular flexibility index (Phi) is 4.41. The third-order valence-corrected chi connectivity index (χ3v) is 2.94. The monoisotopic (exact) mass is 274 g/mol. The van der Waals surface area contributed by atoms with E-state index in [1.54, 1.807) is 11.7 Å². The Morgan fingerprint density at radius 3 is 2.95 bits per heavy atom. The number of tetrazole rings is 1. The fraction of sp³-hybridized carbons (Fsp3) is 0.385. The predicted molar refractivity (Wildman–Crippen MR) is 75.7 cm³/mol. The van der Waals surface area contributed by atoms with E-state index in [1.165, 1.54) is 0 Å². The van der Waals surface area contributed by atoms with Crippen molar-refractivity contribution in [3.8, 4) is 11.4 Å². The summed E-state index contributed by atoms with van der Waals surface area (Å²) in [6, 6.07) is 6.87. The second-order valence-electron chi connectivity index (χ2n) is 4.59. The van der Waals surface area contributed by atoms with Crippen molar-refractivity contribution in [2.45, 2.75) is 25.8 Å². The number of rotatable bonds is 5. The molecule has 7 heteroatoms. The average Bonchev–Trinajstić information content (AvgIpc) is 2.85. The van der Waals surface area contributed by atoms with E-state index >= 15 is 0 Å². The van der Waals surface area contributed by atoms with Gasteiger partial charge in [-0.15, -0.1) is 5.10 Å². The van der Waals surface area contributed by atoms with Gasteiger partial charge in [-0.05, 0) is 29.0 Å². The minimum atomic E-state index is -0.486. The van der Waals surface area contributed by atoms with Gasteiger partial charge in [-0.25, -0.2) is 4.68 Å². The highest BCUT2D eigenvalue weighted by Gasteiger charge is 2.13. The number of carbonyl (C=O) groups is 1. The molecule has 1 aromatic heterocycles. The van der Waals surface area contributed by atoms with Gasteiger partial charge >= 0.3 is 0 Å². The molecule has 0 unspecified atom stereocenters. The van der Waals surface area contributed by atoms with Crippen LogP contribution in [0, 0.1) is 0 Å². The number of aromatic nitrogens is 4. The van der Waals surface area contributed by atoms with E-state index in [1.807, 2.05) is 31.2 Å². The maximum absolute atomic E-state index is 11.9. The van der Waals surface area contributed by atoms with Crippen molar-refractivity contribution in [3.63, 3.8) is 0 Å². The van der Waals surface area contributed by atoms with Crippen molar-refractivity contribution in [3.05, 3.63) is 24.3 Å². The van der Waals surface area contributed by atoms with Crippen LogP contribution in [0.2, 0.25) is 0 Å². The van der Waals surface area contributed by atoms with Gasteiger partial charge in [-0.2, -0.15) is 0 Å². The van der Waals surface area contributed by atoms with Crippen molar-refractivity contribution in [2.75, 3.05) is 5.32 Å². The average molecular weight is 274 g/mol. The molecule has 0 fully saturated rings. The van der Waals surface area contributed by atoms with Gasteiger partial charge in [0.15, 0.2) is 5.82 Å². The second-order valence-corrected chi connectivity index (χ2v) is 4.59. The summed E-state index contributed by atoms with van der Waals surface area (Å²) in [5.74, 6) is 0.457. The maximum atomic E-state index is 11.9. The topological polar surface area (TPSA) is 98.7 Å². The molecular weight excluding hydrogens is 256 g/mol. The van der Waals surface area contributed by atoms with Crippen LogP contribution in [0.5, 0.6) is 0 Å². The molecule has 2 aromatic rings. The van der Waals surface area contributed by atoms with Crippen molar-refractivity contribution in [1.29, 1.82) is 0 Å². The fourth-order valence-electron chi connectivity index (χ4n) is 1.89. The summed E-state index contributed by atoms with van der Waals surface area (Å²) in [4.78, 5) is 11.9. The highest BCUT2D eigenvalue weighted by molar-refractivity contribution is 5.95. The predicted octanol–water partition coefficient (Wildman–Crippen LogP) is 0.943. The van der Waals surface area contributed by atoms with Crippen LogP contribution in [0.15, 0.2) is 24.3 Å². The first-order valence-corrected chi connectivity index (χ1v) is 6.51. The van der Waals surface area contributed by atoms with Gasteiger partial charge in [0.2, 0.25) is 5.91 Å². The molecular formula is C13H18N6O. The molecule has 0 saturated carbocycles. The molecule has 20 heavy (non-hydrogen) atoms. The molecule has 1 amide bonds. The van der Waals surface area contributed by atoms with Crippen LogP contribution in [0.3, 0.4) is 0 Å². The molecule has 0 aliphatic heterocycles. The Morgan fingerprint density at radius 1 is 1.50 bits per heavy atom. The molecule has 1 atom stereocenters. The van der Waals surface area contributed by atoms with Gasteiger partial charge in [-0.1, -0.05) is 25.5 Å². The van der Waals surface area contributed by atoms with Crippen LogP contribution in [0.25, 0.3) is 11.4 Å². The zero-order valence-electron chi connectivity index (χ0n) is 11.6. The van der Waals surface area contributed by atoms with Crippen molar-refractivity contribution < 1.29 is 4.79 Å². The highest BCUT2D eigenvalue weighted by atomic mass is 16.2. The van der Waals surface area contributed by atoms with E-state index in [-0.39, 0.29) is 5.91 Å². The minimum absolute atomic E-state index is 0.180. The number of benzene rings is 1. The second kappa shape index (κ2) is 6.25. The SMILES string of the molecule is CCC[C@@H](N)C(=O)Nc1cccc(-c2nnnn2C)c1. The summed E-state index contributed by atoms with van der Waals surface area (Å²) in [5, 5.41) is 14.1. The number of anilines is 1. The first-order valence-electron chi connectivity index (χ1n) is 6.51. The van der Waals surface area contributed by atoms with Gasteiger partial charge in [-0.3, -0.25) is 4.79 Å². The van der Waals surface area contributed by atoms with E-state index in [0.717, 1.165) is 12.0 Å². The van der Waals surface area contributed by atoms with Gasteiger partial charge in [0.05, 0.1) is 6.04 Å². The molecule has 0 aliphatic carbocycles. The summed E-state index contributed by atoms with van der Waals surface area (Å²) in [6.07, 6.45) is 1.54. The van der Waals surface area contributed by atoms with E-state index in [2.05, 4.69) is 20.8 Å². The third-order valence-electron chi connectivity index (χ3n) is 2.94. The van der Waals surface area contributed by atoms with E-state index < -0.39 is 6.04 Å². The number of nitrogens with zero attached hydrogens (tertiary/aromatic N) is 4. The quantitative estimate of drug-likeness (QED) is 0.845. The Morgan fingerprint density at radius 2 is 2.30 bits per heavy atom. The van der Waals surface area contributed by atoms with Crippen LogP contribution >= 0.6 is 0 Å². The van der Waals surface area contributed by atoms with Crippen LogP contribution in [-0.2, 0) is 11.8 Å². The summed E-state index contributed by atoms with van der Waals surface area (Å²) in [6.45, 7) is 1.99. The van der Waals surface area contributed by atoms with E-state index in [9.17, 15) is 4.79 Å². The Labute approximate surface area is 117 Å². The molecule has 0 saturated heterocycles.